The van der Waals surface area contributed by atoms with Crippen molar-refractivity contribution in [2.24, 2.45) is 0 Å². The van der Waals surface area contributed by atoms with E-state index in [9.17, 15) is 17.6 Å². The van der Waals surface area contributed by atoms with Crippen molar-refractivity contribution >= 4 is 0 Å². The van der Waals surface area contributed by atoms with E-state index in [2.05, 4.69) is 0 Å². The minimum absolute atomic E-state index is 0.00268. The molecule has 0 fully saturated rings. The Kier molecular flexibility index (Phi) is 3.26. The average molecular weight is 265 g/mol. The zero-order valence-electron chi connectivity index (χ0n) is 9.77. The fraction of sp³-hybridized carbons (Fsp3) is 0.0714. The summed E-state index contributed by atoms with van der Waals surface area (Å²) in [7, 11) is 0. The first-order valence-corrected chi connectivity index (χ1v) is 5.30. The lowest BCUT2D eigenvalue weighted by molar-refractivity contribution is 0.454. The van der Waals surface area contributed by atoms with Crippen LogP contribution < -0.4 is 0 Å². The molecule has 0 spiro atoms. The summed E-state index contributed by atoms with van der Waals surface area (Å²) in [4.78, 5) is 0. The molecule has 0 heterocycles. The Bertz CT molecular complexity index is 655. The molecule has 0 atom stereocenters. The Morgan fingerprint density at radius 3 is 1.74 bits per heavy atom. The summed E-state index contributed by atoms with van der Waals surface area (Å²) in [5, 5.41) is 8.48. The molecule has 0 bridgehead atoms. The third kappa shape index (κ3) is 2.06. The normalized spacial score (nSPS) is 10.3. The molecule has 0 aliphatic carbocycles. The van der Waals surface area contributed by atoms with Gasteiger partial charge in [0.1, 0.15) is 11.6 Å². The summed E-state index contributed by atoms with van der Waals surface area (Å²) >= 11 is 0. The summed E-state index contributed by atoms with van der Waals surface area (Å²) < 4.78 is 54.4. The molecule has 19 heavy (non-hydrogen) atoms. The van der Waals surface area contributed by atoms with Gasteiger partial charge in [-0.05, 0) is 12.5 Å². The molecule has 0 saturated carbocycles. The first-order chi connectivity index (χ1) is 8.97. The van der Waals surface area contributed by atoms with Crippen LogP contribution in [0, 0.1) is 41.5 Å². The minimum Gasteiger partial charge on any atom is -0.203 e. The average Bonchev–Trinajstić information content (AvgIpc) is 2.40. The third-order valence-electron chi connectivity index (χ3n) is 2.72. The molecule has 0 saturated heterocycles. The standard InChI is InChI=1S/C14H7F4N/c1-7-2-4-8(5-3-7)10-13(17)11(15)9(6-19)12(16)14(10)18/h2-5H,1H3. The number of rotatable bonds is 1. The van der Waals surface area contributed by atoms with Gasteiger partial charge in [-0.25, -0.2) is 17.6 Å². The van der Waals surface area contributed by atoms with E-state index in [1.165, 1.54) is 12.1 Å². The van der Waals surface area contributed by atoms with Crippen LogP contribution in [0.15, 0.2) is 24.3 Å². The fourth-order valence-corrected chi connectivity index (χ4v) is 1.70. The monoisotopic (exact) mass is 265 g/mol. The van der Waals surface area contributed by atoms with Crippen LogP contribution in [0.25, 0.3) is 11.1 Å². The maximum atomic E-state index is 13.7. The highest BCUT2D eigenvalue weighted by atomic mass is 19.2. The van der Waals surface area contributed by atoms with Crippen LogP contribution in [0.5, 0.6) is 0 Å². The topological polar surface area (TPSA) is 23.8 Å². The summed E-state index contributed by atoms with van der Waals surface area (Å²) in [5.74, 6) is -6.51. The highest BCUT2D eigenvalue weighted by Gasteiger charge is 2.26. The molecule has 0 aromatic heterocycles. The van der Waals surface area contributed by atoms with E-state index in [1.807, 2.05) is 0 Å². The molecule has 2 aromatic rings. The van der Waals surface area contributed by atoms with Crippen LogP contribution in [0.3, 0.4) is 0 Å². The van der Waals surface area contributed by atoms with E-state index in [0.717, 1.165) is 11.6 Å². The lowest BCUT2D eigenvalue weighted by atomic mass is 10.0. The van der Waals surface area contributed by atoms with Gasteiger partial charge in [-0.2, -0.15) is 5.26 Å². The second-order valence-corrected chi connectivity index (χ2v) is 3.98. The maximum Gasteiger partial charge on any atom is 0.180 e. The van der Waals surface area contributed by atoms with Gasteiger partial charge in [0.05, 0.1) is 5.56 Å². The Morgan fingerprint density at radius 1 is 0.842 bits per heavy atom. The Hall–Kier alpha value is -2.35. The van der Waals surface area contributed by atoms with Crippen molar-refractivity contribution in [3.8, 4) is 17.2 Å². The molecule has 0 aliphatic heterocycles. The number of hydrogen-bond acceptors (Lipinski definition) is 1. The highest BCUT2D eigenvalue weighted by Crippen LogP contribution is 2.31. The van der Waals surface area contributed by atoms with Gasteiger partial charge < -0.3 is 0 Å². The summed E-state index contributed by atoms with van der Waals surface area (Å²) in [5.41, 5.74) is -1.23. The Labute approximate surface area is 106 Å². The number of halogens is 4. The van der Waals surface area contributed by atoms with Crippen molar-refractivity contribution in [1.29, 1.82) is 5.26 Å². The number of nitrogens with zero attached hydrogens (tertiary/aromatic N) is 1. The van der Waals surface area contributed by atoms with Crippen molar-refractivity contribution in [3.05, 3.63) is 58.7 Å². The lowest BCUT2D eigenvalue weighted by Crippen LogP contribution is -2.03. The molecule has 0 radical (unpaired) electrons. The van der Waals surface area contributed by atoms with Crippen molar-refractivity contribution < 1.29 is 17.6 Å². The predicted octanol–water partition coefficient (Wildman–Crippen LogP) is 4.09. The molecule has 0 N–H and O–H groups in total. The van der Waals surface area contributed by atoms with E-state index in [0.29, 0.717) is 0 Å². The number of aryl methyl sites for hydroxylation is 1. The van der Waals surface area contributed by atoms with Crippen LogP contribution in [-0.2, 0) is 0 Å². The first kappa shape index (κ1) is 13.1. The zero-order valence-corrected chi connectivity index (χ0v) is 9.77. The van der Waals surface area contributed by atoms with Crippen LogP contribution in [0.4, 0.5) is 17.6 Å². The van der Waals surface area contributed by atoms with E-state index in [1.54, 1.807) is 19.1 Å². The van der Waals surface area contributed by atoms with E-state index >= 15 is 0 Å². The minimum atomic E-state index is -1.68. The van der Waals surface area contributed by atoms with E-state index < -0.39 is 34.4 Å². The molecule has 1 nitrogen and oxygen atoms in total. The van der Waals surface area contributed by atoms with Crippen molar-refractivity contribution in [3.63, 3.8) is 0 Å². The summed E-state index contributed by atoms with van der Waals surface area (Å²) in [6.07, 6.45) is 0. The van der Waals surface area contributed by atoms with Crippen LogP contribution in [-0.4, -0.2) is 0 Å². The van der Waals surface area contributed by atoms with Gasteiger partial charge in [0, 0.05) is 0 Å². The molecular weight excluding hydrogens is 258 g/mol. The number of hydrogen-bond donors (Lipinski definition) is 0. The molecular formula is C14H7F4N. The first-order valence-electron chi connectivity index (χ1n) is 5.30. The van der Waals surface area contributed by atoms with Gasteiger partial charge in [0.2, 0.25) is 0 Å². The van der Waals surface area contributed by atoms with Gasteiger partial charge in [-0.15, -0.1) is 0 Å². The Morgan fingerprint density at radius 2 is 1.32 bits per heavy atom. The molecule has 5 heteroatoms. The van der Waals surface area contributed by atoms with Gasteiger partial charge in [0.25, 0.3) is 0 Å². The second-order valence-electron chi connectivity index (χ2n) is 3.98. The molecule has 0 amide bonds. The number of benzene rings is 2. The SMILES string of the molecule is Cc1ccc(-c2c(F)c(F)c(C#N)c(F)c2F)cc1. The molecule has 2 rings (SSSR count). The summed E-state index contributed by atoms with van der Waals surface area (Å²) in [6.45, 7) is 1.76. The van der Waals surface area contributed by atoms with Gasteiger partial charge in [-0.1, -0.05) is 29.8 Å². The van der Waals surface area contributed by atoms with E-state index in [-0.39, 0.29) is 5.56 Å². The van der Waals surface area contributed by atoms with Crippen molar-refractivity contribution in [2.45, 2.75) is 6.92 Å². The molecule has 2 aromatic carbocycles. The quantitative estimate of drug-likeness (QED) is 0.562. The van der Waals surface area contributed by atoms with Gasteiger partial charge >= 0.3 is 0 Å². The predicted molar refractivity (Wildman–Crippen MR) is 61.2 cm³/mol. The third-order valence-corrected chi connectivity index (χ3v) is 2.72. The van der Waals surface area contributed by atoms with Gasteiger partial charge in [-0.3, -0.25) is 0 Å². The number of nitriles is 1. The smallest absolute Gasteiger partial charge is 0.180 e. The van der Waals surface area contributed by atoms with Crippen LogP contribution in [0.1, 0.15) is 11.1 Å². The molecule has 0 aliphatic rings. The molecule has 0 unspecified atom stereocenters. The summed E-state index contributed by atoms with van der Waals surface area (Å²) in [6, 6.07) is 6.92. The second kappa shape index (κ2) is 4.73. The fourth-order valence-electron chi connectivity index (χ4n) is 1.70. The van der Waals surface area contributed by atoms with Crippen molar-refractivity contribution in [1.82, 2.24) is 0 Å². The van der Waals surface area contributed by atoms with Crippen LogP contribution in [0.2, 0.25) is 0 Å². The van der Waals surface area contributed by atoms with Crippen LogP contribution >= 0.6 is 0 Å². The largest absolute Gasteiger partial charge is 0.203 e. The van der Waals surface area contributed by atoms with Crippen molar-refractivity contribution in [2.75, 3.05) is 0 Å². The van der Waals surface area contributed by atoms with E-state index in [4.69, 9.17) is 5.26 Å². The molecule has 96 valence electrons. The Balaban J connectivity index is 2.79. The van der Waals surface area contributed by atoms with Gasteiger partial charge in [0.15, 0.2) is 23.3 Å². The zero-order chi connectivity index (χ0) is 14.2. The maximum absolute atomic E-state index is 13.7. The lowest BCUT2D eigenvalue weighted by Gasteiger charge is -2.09. The highest BCUT2D eigenvalue weighted by molar-refractivity contribution is 5.66.